The molecule has 3 rings (SSSR count). The van der Waals surface area contributed by atoms with Crippen molar-refractivity contribution in [3.05, 3.63) is 29.8 Å². The van der Waals surface area contributed by atoms with Crippen LogP contribution in [0.3, 0.4) is 0 Å². The minimum absolute atomic E-state index is 0.496. The van der Waals surface area contributed by atoms with Crippen LogP contribution in [0.15, 0.2) is 18.3 Å². The zero-order chi connectivity index (χ0) is 11.8. The van der Waals surface area contributed by atoms with Crippen molar-refractivity contribution in [2.45, 2.75) is 32.1 Å². The Bertz CT molecular complexity index is 542. The van der Waals surface area contributed by atoms with Gasteiger partial charge in [0.2, 0.25) is 0 Å². The van der Waals surface area contributed by atoms with Gasteiger partial charge in [0.1, 0.15) is 11.6 Å². The minimum Gasteiger partial charge on any atom is -0.384 e. The molecule has 0 radical (unpaired) electrons. The number of nitrogens with two attached hydrogens (primary N) is 1. The molecule has 0 bridgehead atoms. The van der Waals surface area contributed by atoms with Gasteiger partial charge < -0.3 is 5.73 Å². The number of hydrogen-bond acceptors (Lipinski definition) is 4. The van der Waals surface area contributed by atoms with Gasteiger partial charge in [0.15, 0.2) is 5.82 Å². The molecule has 1 saturated carbocycles. The highest BCUT2D eigenvalue weighted by Crippen LogP contribution is 2.38. The van der Waals surface area contributed by atoms with Gasteiger partial charge in [-0.05, 0) is 18.9 Å². The molecule has 0 amide bonds. The van der Waals surface area contributed by atoms with E-state index in [4.69, 9.17) is 5.73 Å². The average molecular weight is 229 g/mol. The van der Waals surface area contributed by atoms with Crippen LogP contribution >= 0.6 is 0 Å². The van der Waals surface area contributed by atoms with Crippen molar-refractivity contribution in [2.24, 2.45) is 0 Å². The molecule has 17 heavy (non-hydrogen) atoms. The first-order valence-electron chi connectivity index (χ1n) is 5.95. The van der Waals surface area contributed by atoms with E-state index < -0.39 is 0 Å². The summed E-state index contributed by atoms with van der Waals surface area (Å²) in [6.07, 6.45) is 5.22. The van der Waals surface area contributed by atoms with Crippen LogP contribution in [0, 0.1) is 0 Å². The fourth-order valence-corrected chi connectivity index (χ4v) is 1.84. The van der Waals surface area contributed by atoms with E-state index in [1.54, 1.807) is 10.7 Å². The number of hydrogen-bond donors (Lipinski definition) is 1. The fraction of sp³-hybridized carbons (Fsp3) is 0.417. The SMILES string of the molecule is CCc1nc(N)cc(-n2ccc(C3CC3)n2)n1. The average Bonchev–Trinajstić information content (AvgIpc) is 3.06. The maximum atomic E-state index is 5.76. The van der Waals surface area contributed by atoms with E-state index in [1.807, 2.05) is 13.1 Å². The standard InChI is InChI=1S/C12H15N5/c1-2-11-14-10(13)7-12(15-11)17-6-5-9(16-17)8-3-4-8/h5-8H,2-4H2,1H3,(H2,13,14,15). The molecule has 0 atom stereocenters. The lowest BCUT2D eigenvalue weighted by Gasteiger charge is -2.04. The highest BCUT2D eigenvalue weighted by molar-refractivity contribution is 5.37. The van der Waals surface area contributed by atoms with Gasteiger partial charge in [-0.3, -0.25) is 0 Å². The van der Waals surface area contributed by atoms with Crippen LogP contribution in [0.25, 0.3) is 5.82 Å². The van der Waals surface area contributed by atoms with Gasteiger partial charge >= 0.3 is 0 Å². The summed E-state index contributed by atoms with van der Waals surface area (Å²) in [5.41, 5.74) is 6.91. The highest BCUT2D eigenvalue weighted by Gasteiger charge is 2.26. The van der Waals surface area contributed by atoms with Gasteiger partial charge in [0.25, 0.3) is 0 Å². The van der Waals surface area contributed by atoms with Gasteiger partial charge in [-0.25, -0.2) is 14.6 Å². The first-order chi connectivity index (χ1) is 8.26. The second-order valence-corrected chi connectivity index (χ2v) is 4.38. The zero-order valence-corrected chi connectivity index (χ0v) is 9.80. The van der Waals surface area contributed by atoms with Crippen molar-refractivity contribution >= 4 is 5.82 Å². The molecule has 0 aromatic carbocycles. The predicted octanol–water partition coefficient (Wildman–Crippen LogP) is 1.68. The maximum absolute atomic E-state index is 5.76. The van der Waals surface area contributed by atoms with Crippen molar-refractivity contribution in [3.63, 3.8) is 0 Å². The molecule has 1 fully saturated rings. The van der Waals surface area contributed by atoms with Gasteiger partial charge in [-0.2, -0.15) is 5.10 Å². The molecule has 0 aliphatic heterocycles. The molecule has 1 aliphatic carbocycles. The molecule has 0 spiro atoms. The third-order valence-corrected chi connectivity index (χ3v) is 2.94. The number of aryl methyl sites for hydroxylation is 1. The van der Waals surface area contributed by atoms with Crippen molar-refractivity contribution in [3.8, 4) is 5.82 Å². The van der Waals surface area contributed by atoms with Gasteiger partial charge in [0, 0.05) is 24.6 Å². The Kier molecular flexibility index (Phi) is 2.31. The van der Waals surface area contributed by atoms with Crippen LogP contribution in [0.5, 0.6) is 0 Å². The minimum atomic E-state index is 0.496. The van der Waals surface area contributed by atoms with E-state index in [-0.39, 0.29) is 0 Å². The normalized spacial score (nSPS) is 15.1. The summed E-state index contributed by atoms with van der Waals surface area (Å²) in [6, 6.07) is 3.81. The molecule has 2 heterocycles. The first kappa shape index (κ1) is 10.3. The summed E-state index contributed by atoms with van der Waals surface area (Å²) in [5.74, 6) is 2.65. The summed E-state index contributed by atoms with van der Waals surface area (Å²) in [6.45, 7) is 2.01. The van der Waals surface area contributed by atoms with E-state index in [9.17, 15) is 0 Å². The van der Waals surface area contributed by atoms with Crippen LogP contribution in [-0.4, -0.2) is 19.7 Å². The van der Waals surface area contributed by atoms with Crippen LogP contribution < -0.4 is 5.73 Å². The second-order valence-electron chi connectivity index (χ2n) is 4.38. The molecule has 0 saturated heterocycles. The van der Waals surface area contributed by atoms with Crippen LogP contribution in [0.1, 0.15) is 37.2 Å². The molecule has 0 unspecified atom stereocenters. The summed E-state index contributed by atoms with van der Waals surface area (Å²) in [4.78, 5) is 8.58. The Balaban J connectivity index is 1.98. The number of rotatable bonds is 3. The Labute approximate surface area is 99.7 Å². The molecule has 2 aromatic rings. The highest BCUT2D eigenvalue weighted by atomic mass is 15.3. The lowest BCUT2D eigenvalue weighted by molar-refractivity contribution is 0.792. The maximum Gasteiger partial charge on any atom is 0.159 e. The number of nitrogens with zero attached hydrogens (tertiary/aromatic N) is 4. The van der Waals surface area contributed by atoms with Crippen molar-refractivity contribution in [2.75, 3.05) is 5.73 Å². The molecule has 2 N–H and O–H groups in total. The zero-order valence-electron chi connectivity index (χ0n) is 9.80. The lowest BCUT2D eigenvalue weighted by atomic mass is 10.3. The third kappa shape index (κ3) is 2.00. The smallest absolute Gasteiger partial charge is 0.159 e. The summed E-state index contributed by atoms with van der Waals surface area (Å²) < 4.78 is 1.78. The summed E-state index contributed by atoms with van der Waals surface area (Å²) in [7, 11) is 0. The Morgan fingerprint density at radius 1 is 1.41 bits per heavy atom. The Morgan fingerprint density at radius 2 is 2.24 bits per heavy atom. The fourth-order valence-electron chi connectivity index (χ4n) is 1.84. The second kappa shape index (κ2) is 3.84. The largest absolute Gasteiger partial charge is 0.384 e. The van der Waals surface area contributed by atoms with Crippen molar-refractivity contribution in [1.29, 1.82) is 0 Å². The van der Waals surface area contributed by atoms with E-state index in [0.717, 1.165) is 23.8 Å². The summed E-state index contributed by atoms with van der Waals surface area (Å²) >= 11 is 0. The molecule has 1 aliphatic rings. The predicted molar refractivity (Wildman–Crippen MR) is 64.9 cm³/mol. The van der Waals surface area contributed by atoms with E-state index >= 15 is 0 Å². The Hall–Kier alpha value is -1.91. The van der Waals surface area contributed by atoms with Gasteiger partial charge in [-0.15, -0.1) is 0 Å². The van der Waals surface area contributed by atoms with E-state index in [1.165, 1.54) is 12.8 Å². The molecule has 5 nitrogen and oxygen atoms in total. The number of aromatic nitrogens is 4. The lowest BCUT2D eigenvalue weighted by Crippen LogP contribution is -2.05. The molecule has 88 valence electrons. The first-order valence-corrected chi connectivity index (χ1v) is 5.95. The molecule has 5 heteroatoms. The third-order valence-electron chi connectivity index (χ3n) is 2.94. The van der Waals surface area contributed by atoms with Gasteiger partial charge in [0.05, 0.1) is 5.69 Å². The quantitative estimate of drug-likeness (QED) is 0.869. The van der Waals surface area contributed by atoms with Crippen LogP contribution in [0.2, 0.25) is 0 Å². The monoisotopic (exact) mass is 229 g/mol. The molecular formula is C12H15N5. The van der Waals surface area contributed by atoms with Crippen LogP contribution in [-0.2, 0) is 6.42 Å². The topological polar surface area (TPSA) is 69.6 Å². The van der Waals surface area contributed by atoms with E-state index in [2.05, 4.69) is 21.1 Å². The summed E-state index contributed by atoms with van der Waals surface area (Å²) in [5, 5.41) is 4.53. The van der Waals surface area contributed by atoms with E-state index in [0.29, 0.717) is 11.7 Å². The number of nitrogen functional groups attached to an aromatic ring is 1. The van der Waals surface area contributed by atoms with Crippen molar-refractivity contribution in [1.82, 2.24) is 19.7 Å². The molecular weight excluding hydrogens is 214 g/mol. The Morgan fingerprint density at radius 3 is 2.94 bits per heavy atom. The van der Waals surface area contributed by atoms with Crippen molar-refractivity contribution < 1.29 is 0 Å². The number of anilines is 1. The van der Waals surface area contributed by atoms with Gasteiger partial charge in [-0.1, -0.05) is 6.92 Å². The van der Waals surface area contributed by atoms with Crippen LogP contribution in [0.4, 0.5) is 5.82 Å². The molecule has 2 aromatic heterocycles.